The molecule has 0 bridgehead atoms. The van der Waals surface area contributed by atoms with Crippen molar-refractivity contribution in [2.24, 2.45) is 5.10 Å². The first-order chi connectivity index (χ1) is 10.6. The van der Waals surface area contributed by atoms with Crippen molar-refractivity contribution >= 4 is 23.9 Å². The Balaban J connectivity index is 2.03. The van der Waals surface area contributed by atoms with Crippen molar-refractivity contribution in [3.05, 3.63) is 65.0 Å². The van der Waals surface area contributed by atoms with Crippen molar-refractivity contribution in [3.8, 4) is 6.07 Å². The van der Waals surface area contributed by atoms with Crippen molar-refractivity contribution in [2.45, 2.75) is 4.90 Å². The maximum absolute atomic E-state index is 13.7. The standard InChI is InChI=1S/C16H12FN3OS/c1-22-13-5-2-11(3-6-13)10-19-20-16(21)14-7-4-12(9-18)8-15(14)17/h2-8,10H,1H3,(H,20,21)/b19-10-. The zero-order valence-electron chi connectivity index (χ0n) is 11.7. The Morgan fingerprint density at radius 1 is 1.32 bits per heavy atom. The fraction of sp³-hybridized carbons (Fsp3) is 0.0625. The molecule has 0 atom stereocenters. The number of nitrogens with zero attached hydrogens (tertiary/aromatic N) is 2. The molecule has 2 rings (SSSR count). The van der Waals surface area contributed by atoms with Gasteiger partial charge in [-0.25, -0.2) is 9.82 Å². The first kappa shape index (κ1) is 15.7. The van der Waals surface area contributed by atoms with E-state index in [1.54, 1.807) is 17.8 Å². The average Bonchev–Trinajstić information content (AvgIpc) is 2.55. The fourth-order valence-electron chi connectivity index (χ4n) is 1.68. The second kappa shape index (κ2) is 7.38. The third kappa shape index (κ3) is 3.93. The maximum atomic E-state index is 13.7. The Morgan fingerprint density at radius 2 is 2.05 bits per heavy atom. The van der Waals surface area contributed by atoms with Crippen LogP contribution in [0.4, 0.5) is 4.39 Å². The van der Waals surface area contributed by atoms with E-state index in [-0.39, 0.29) is 11.1 Å². The van der Waals surface area contributed by atoms with Crippen LogP contribution in [0.5, 0.6) is 0 Å². The third-order valence-corrected chi connectivity index (χ3v) is 3.58. The maximum Gasteiger partial charge on any atom is 0.274 e. The van der Waals surface area contributed by atoms with E-state index in [2.05, 4.69) is 10.5 Å². The highest BCUT2D eigenvalue weighted by molar-refractivity contribution is 7.98. The third-order valence-electron chi connectivity index (χ3n) is 2.84. The van der Waals surface area contributed by atoms with Gasteiger partial charge in [-0.2, -0.15) is 10.4 Å². The predicted molar refractivity (Wildman–Crippen MR) is 84.4 cm³/mol. The lowest BCUT2D eigenvalue weighted by atomic mass is 10.1. The molecule has 1 amide bonds. The van der Waals surface area contributed by atoms with Crippen molar-refractivity contribution in [2.75, 3.05) is 6.26 Å². The SMILES string of the molecule is CSc1ccc(/C=N\NC(=O)c2ccc(C#N)cc2F)cc1. The molecule has 4 nitrogen and oxygen atoms in total. The van der Waals surface area contributed by atoms with Gasteiger partial charge in [-0.05, 0) is 42.2 Å². The van der Waals surface area contributed by atoms with Crippen LogP contribution in [0.15, 0.2) is 52.5 Å². The summed E-state index contributed by atoms with van der Waals surface area (Å²) in [5, 5.41) is 12.4. The van der Waals surface area contributed by atoms with Crippen LogP contribution >= 0.6 is 11.8 Å². The number of hydrogen-bond donors (Lipinski definition) is 1. The van der Waals surface area contributed by atoms with E-state index in [0.717, 1.165) is 16.5 Å². The van der Waals surface area contributed by atoms with Crippen molar-refractivity contribution in [1.29, 1.82) is 5.26 Å². The van der Waals surface area contributed by atoms with E-state index < -0.39 is 11.7 Å². The Kier molecular flexibility index (Phi) is 5.28. The van der Waals surface area contributed by atoms with E-state index >= 15 is 0 Å². The molecular weight excluding hydrogens is 301 g/mol. The molecule has 2 aromatic carbocycles. The average molecular weight is 313 g/mol. The quantitative estimate of drug-likeness (QED) is 0.535. The molecule has 0 fully saturated rings. The van der Waals surface area contributed by atoms with Crippen LogP contribution in [0.25, 0.3) is 0 Å². The lowest BCUT2D eigenvalue weighted by molar-refractivity contribution is 0.0951. The fourth-order valence-corrected chi connectivity index (χ4v) is 2.09. The van der Waals surface area contributed by atoms with Gasteiger partial charge in [0.05, 0.1) is 23.4 Å². The summed E-state index contributed by atoms with van der Waals surface area (Å²) in [7, 11) is 0. The lowest BCUT2D eigenvalue weighted by Crippen LogP contribution is -2.19. The van der Waals surface area contributed by atoms with Crippen LogP contribution in [0.3, 0.4) is 0 Å². The number of hydrogen-bond acceptors (Lipinski definition) is 4. The monoisotopic (exact) mass is 313 g/mol. The summed E-state index contributed by atoms with van der Waals surface area (Å²) in [6, 6.07) is 13.1. The molecular formula is C16H12FN3OS. The number of rotatable bonds is 4. The van der Waals surface area contributed by atoms with E-state index in [4.69, 9.17) is 5.26 Å². The van der Waals surface area contributed by atoms with Crippen LogP contribution in [0.1, 0.15) is 21.5 Å². The van der Waals surface area contributed by atoms with Crippen LogP contribution in [-0.4, -0.2) is 18.4 Å². The first-order valence-corrected chi connectivity index (χ1v) is 7.53. The Labute approximate surface area is 131 Å². The topological polar surface area (TPSA) is 65.2 Å². The number of benzene rings is 2. The van der Waals surface area contributed by atoms with Gasteiger partial charge in [0.2, 0.25) is 0 Å². The largest absolute Gasteiger partial charge is 0.274 e. The number of hydrazone groups is 1. The van der Waals surface area contributed by atoms with Gasteiger partial charge in [0.15, 0.2) is 0 Å². The minimum Gasteiger partial charge on any atom is -0.267 e. The van der Waals surface area contributed by atoms with E-state index in [9.17, 15) is 9.18 Å². The molecule has 0 aliphatic rings. The van der Waals surface area contributed by atoms with Crippen molar-refractivity contribution in [3.63, 3.8) is 0 Å². The Hall–Kier alpha value is -2.65. The molecule has 0 aliphatic carbocycles. The highest BCUT2D eigenvalue weighted by atomic mass is 32.2. The molecule has 0 unspecified atom stereocenters. The highest BCUT2D eigenvalue weighted by Gasteiger charge is 2.11. The summed E-state index contributed by atoms with van der Waals surface area (Å²) in [5.74, 6) is -1.42. The number of thioether (sulfide) groups is 1. The highest BCUT2D eigenvalue weighted by Crippen LogP contribution is 2.14. The zero-order chi connectivity index (χ0) is 15.9. The van der Waals surface area contributed by atoms with E-state index in [1.165, 1.54) is 18.3 Å². The van der Waals surface area contributed by atoms with Gasteiger partial charge in [0.25, 0.3) is 5.91 Å². The molecule has 22 heavy (non-hydrogen) atoms. The molecule has 6 heteroatoms. The smallest absolute Gasteiger partial charge is 0.267 e. The summed E-state index contributed by atoms with van der Waals surface area (Å²) in [6.07, 6.45) is 3.46. The van der Waals surface area contributed by atoms with Gasteiger partial charge in [0, 0.05) is 4.90 Å². The molecule has 0 spiro atoms. The van der Waals surface area contributed by atoms with Gasteiger partial charge in [-0.1, -0.05) is 12.1 Å². The molecule has 0 aromatic heterocycles. The molecule has 0 radical (unpaired) electrons. The number of halogens is 1. The molecule has 0 heterocycles. The molecule has 1 N–H and O–H groups in total. The van der Waals surface area contributed by atoms with Gasteiger partial charge >= 0.3 is 0 Å². The van der Waals surface area contributed by atoms with Gasteiger partial charge in [-0.15, -0.1) is 11.8 Å². The summed E-state index contributed by atoms with van der Waals surface area (Å²) in [5.41, 5.74) is 3.07. The predicted octanol–water partition coefficient (Wildman–Crippen LogP) is 3.18. The number of carbonyl (C=O) groups is 1. The van der Waals surface area contributed by atoms with E-state index in [1.807, 2.05) is 30.5 Å². The minimum absolute atomic E-state index is 0.158. The summed E-state index contributed by atoms with van der Waals surface area (Å²) < 4.78 is 13.7. The number of carbonyl (C=O) groups excluding carboxylic acids is 1. The summed E-state index contributed by atoms with van der Waals surface area (Å²) in [4.78, 5) is 12.9. The summed E-state index contributed by atoms with van der Waals surface area (Å²) >= 11 is 1.63. The number of nitrogens with one attached hydrogen (secondary N) is 1. The second-order valence-corrected chi connectivity index (χ2v) is 5.16. The minimum atomic E-state index is -0.754. The van der Waals surface area contributed by atoms with Crippen LogP contribution in [0.2, 0.25) is 0 Å². The van der Waals surface area contributed by atoms with Crippen molar-refractivity contribution < 1.29 is 9.18 Å². The molecule has 0 aliphatic heterocycles. The van der Waals surface area contributed by atoms with Gasteiger partial charge in [-0.3, -0.25) is 4.79 Å². The van der Waals surface area contributed by atoms with Crippen LogP contribution in [0, 0.1) is 17.1 Å². The number of amides is 1. The molecule has 0 saturated carbocycles. The molecule has 2 aromatic rings. The van der Waals surface area contributed by atoms with Crippen molar-refractivity contribution in [1.82, 2.24) is 5.43 Å². The van der Waals surface area contributed by atoms with Gasteiger partial charge in [0.1, 0.15) is 5.82 Å². The van der Waals surface area contributed by atoms with Gasteiger partial charge < -0.3 is 0 Å². The molecule has 0 saturated heterocycles. The Bertz CT molecular complexity index is 751. The second-order valence-electron chi connectivity index (χ2n) is 4.28. The molecule has 110 valence electrons. The normalized spacial score (nSPS) is 10.4. The first-order valence-electron chi connectivity index (χ1n) is 6.31. The Morgan fingerprint density at radius 3 is 2.64 bits per heavy atom. The number of nitriles is 1. The van der Waals surface area contributed by atoms with E-state index in [0.29, 0.717) is 0 Å². The zero-order valence-corrected chi connectivity index (χ0v) is 12.5. The van der Waals surface area contributed by atoms with Crippen LogP contribution < -0.4 is 5.43 Å². The lowest BCUT2D eigenvalue weighted by Gasteiger charge is -2.02. The summed E-state index contributed by atoms with van der Waals surface area (Å²) in [6.45, 7) is 0. The van der Waals surface area contributed by atoms with Crippen LogP contribution in [-0.2, 0) is 0 Å².